The van der Waals surface area contributed by atoms with Crippen molar-refractivity contribution in [2.45, 2.75) is 51.7 Å². The van der Waals surface area contributed by atoms with Crippen molar-refractivity contribution in [2.24, 2.45) is 5.73 Å². The molecule has 0 aromatic rings. The molecule has 1 heterocycles. The summed E-state index contributed by atoms with van der Waals surface area (Å²) >= 11 is 0. The highest BCUT2D eigenvalue weighted by molar-refractivity contribution is 5.77. The van der Waals surface area contributed by atoms with Crippen molar-refractivity contribution in [3.8, 4) is 0 Å². The minimum Gasteiger partial charge on any atom is -0.378 e. The van der Waals surface area contributed by atoms with Crippen molar-refractivity contribution in [3.05, 3.63) is 0 Å². The number of hydrogen-bond acceptors (Lipinski definition) is 3. The molecule has 0 radical (unpaired) electrons. The highest BCUT2D eigenvalue weighted by atomic mass is 16.5. The van der Waals surface area contributed by atoms with Gasteiger partial charge in [-0.05, 0) is 39.7 Å². The lowest BCUT2D eigenvalue weighted by molar-refractivity contribution is -0.135. The van der Waals surface area contributed by atoms with Gasteiger partial charge in [0.15, 0.2) is 0 Å². The van der Waals surface area contributed by atoms with E-state index in [1.54, 1.807) is 0 Å². The summed E-state index contributed by atoms with van der Waals surface area (Å²) in [5.74, 6) is 0.204. The number of amides is 1. The van der Waals surface area contributed by atoms with Crippen LogP contribution in [0.3, 0.4) is 0 Å². The Morgan fingerprint density at radius 3 is 2.81 bits per heavy atom. The van der Waals surface area contributed by atoms with E-state index in [1.807, 2.05) is 18.7 Å². The first kappa shape index (κ1) is 13.5. The Bertz CT molecular complexity index is 213. The Morgan fingerprint density at radius 1 is 1.56 bits per heavy atom. The van der Waals surface area contributed by atoms with E-state index in [4.69, 9.17) is 10.5 Å². The highest BCUT2D eigenvalue weighted by Crippen LogP contribution is 2.17. The van der Waals surface area contributed by atoms with Gasteiger partial charge in [0.25, 0.3) is 0 Å². The molecule has 0 aliphatic carbocycles. The van der Waals surface area contributed by atoms with Crippen LogP contribution in [0.1, 0.15) is 39.5 Å². The number of nitrogens with two attached hydrogens (primary N) is 1. The summed E-state index contributed by atoms with van der Waals surface area (Å²) in [6.45, 7) is 6.30. The number of nitrogens with zero attached hydrogens (tertiary/aromatic N) is 1. The third kappa shape index (κ3) is 4.10. The average Bonchev–Trinajstić information content (AvgIpc) is 2.70. The third-order valence-corrected chi connectivity index (χ3v) is 2.97. The first-order valence-electron chi connectivity index (χ1n) is 6.26. The van der Waals surface area contributed by atoms with E-state index in [-0.39, 0.29) is 18.1 Å². The second-order valence-electron chi connectivity index (χ2n) is 4.66. The van der Waals surface area contributed by atoms with Gasteiger partial charge in [0.1, 0.15) is 0 Å². The van der Waals surface area contributed by atoms with Gasteiger partial charge >= 0.3 is 0 Å². The maximum Gasteiger partial charge on any atom is 0.225 e. The van der Waals surface area contributed by atoms with Gasteiger partial charge in [-0.15, -0.1) is 0 Å². The molecule has 1 saturated heterocycles. The summed E-state index contributed by atoms with van der Waals surface area (Å²) in [7, 11) is 0. The minimum absolute atomic E-state index is 0.145. The van der Waals surface area contributed by atoms with E-state index in [9.17, 15) is 4.79 Å². The number of carbonyl (C=O) groups excluding carboxylic acids is 1. The second kappa shape index (κ2) is 6.86. The molecule has 1 aliphatic heterocycles. The van der Waals surface area contributed by atoms with Crippen LogP contribution in [0.5, 0.6) is 0 Å². The Balaban J connectivity index is 2.39. The lowest BCUT2D eigenvalue weighted by Gasteiger charge is -2.27. The zero-order chi connectivity index (χ0) is 12.0. The highest BCUT2D eigenvalue weighted by Gasteiger charge is 2.23. The number of carbonyl (C=O) groups is 1. The van der Waals surface area contributed by atoms with Crippen molar-refractivity contribution in [2.75, 3.05) is 19.7 Å². The van der Waals surface area contributed by atoms with Gasteiger partial charge in [-0.2, -0.15) is 0 Å². The van der Waals surface area contributed by atoms with Crippen molar-refractivity contribution < 1.29 is 9.53 Å². The van der Waals surface area contributed by atoms with E-state index in [0.29, 0.717) is 13.0 Å². The summed E-state index contributed by atoms with van der Waals surface area (Å²) in [6.07, 6.45) is 3.65. The number of ether oxygens (including phenoxy) is 1. The van der Waals surface area contributed by atoms with E-state index in [2.05, 4.69) is 0 Å². The summed E-state index contributed by atoms with van der Waals surface area (Å²) in [4.78, 5) is 14.0. The van der Waals surface area contributed by atoms with Gasteiger partial charge in [0.2, 0.25) is 5.91 Å². The molecule has 0 aromatic carbocycles. The van der Waals surface area contributed by atoms with Gasteiger partial charge in [-0.3, -0.25) is 4.79 Å². The van der Waals surface area contributed by atoms with Crippen LogP contribution < -0.4 is 5.73 Å². The van der Waals surface area contributed by atoms with Crippen LogP contribution in [0.15, 0.2) is 0 Å². The van der Waals surface area contributed by atoms with Crippen LogP contribution in [-0.4, -0.2) is 42.6 Å². The van der Waals surface area contributed by atoms with Crippen molar-refractivity contribution in [3.63, 3.8) is 0 Å². The van der Waals surface area contributed by atoms with Gasteiger partial charge in [0, 0.05) is 19.2 Å². The fourth-order valence-electron chi connectivity index (χ4n) is 2.05. The van der Waals surface area contributed by atoms with E-state index in [1.165, 1.54) is 0 Å². The second-order valence-corrected chi connectivity index (χ2v) is 4.66. The lowest BCUT2D eigenvalue weighted by atomic mass is 10.1. The molecule has 94 valence electrons. The zero-order valence-electron chi connectivity index (χ0n) is 10.4. The molecule has 2 N–H and O–H groups in total. The Morgan fingerprint density at radius 2 is 2.31 bits per heavy atom. The summed E-state index contributed by atoms with van der Waals surface area (Å²) in [5.41, 5.74) is 5.48. The normalized spacial score (nSPS) is 20.4. The molecule has 1 fully saturated rings. The van der Waals surface area contributed by atoms with E-state index < -0.39 is 0 Å². The lowest BCUT2D eigenvalue weighted by Crippen LogP contribution is -2.39. The first-order valence-corrected chi connectivity index (χ1v) is 6.26. The van der Waals surface area contributed by atoms with Gasteiger partial charge in [0.05, 0.1) is 12.5 Å². The zero-order valence-corrected chi connectivity index (χ0v) is 10.4. The summed E-state index contributed by atoms with van der Waals surface area (Å²) in [6, 6.07) is 0.250. The van der Waals surface area contributed by atoms with Crippen molar-refractivity contribution >= 4 is 5.91 Å². The molecule has 0 saturated carbocycles. The predicted octanol–water partition coefficient (Wildman–Crippen LogP) is 1.14. The molecule has 4 heteroatoms. The molecule has 0 bridgehead atoms. The van der Waals surface area contributed by atoms with Crippen molar-refractivity contribution in [1.82, 2.24) is 4.90 Å². The van der Waals surface area contributed by atoms with Crippen LogP contribution in [0, 0.1) is 0 Å². The molecule has 4 nitrogen and oxygen atoms in total. The standard InChI is InChI=1S/C12H24N2O2/c1-10(2)14(7-4-6-13)12(15)9-11-5-3-8-16-11/h10-11H,3-9,13H2,1-2H3. The predicted molar refractivity (Wildman–Crippen MR) is 64.1 cm³/mol. The maximum atomic E-state index is 12.1. The molecule has 1 unspecified atom stereocenters. The van der Waals surface area contributed by atoms with Crippen LogP contribution in [0.2, 0.25) is 0 Å². The molecule has 1 atom stereocenters. The van der Waals surface area contributed by atoms with Gasteiger partial charge in [-0.1, -0.05) is 0 Å². The molecule has 0 aromatic heterocycles. The Hall–Kier alpha value is -0.610. The fraction of sp³-hybridized carbons (Fsp3) is 0.917. The smallest absolute Gasteiger partial charge is 0.225 e. The number of rotatable bonds is 6. The monoisotopic (exact) mass is 228 g/mol. The molecule has 16 heavy (non-hydrogen) atoms. The first-order chi connectivity index (χ1) is 7.65. The van der Waals surface area contributed by atoms with E-state index >= 15 is 0 Å². The quantitative estimate of drug-likeness (QED) is 0.741. The molecule has 1 rings (SSSR count). The van der Waals surface area contributed by atoms with Crippen LogP contribution >= 0.6 is 0 Å². The number of hydrogen-bond donors (Lipinski definition) is 1. The average molecular weight is 228 g/mol. The molecular weight excluding hydrogens is 204 g/mol. The van der Waals surface area contributed by atoms with Crippen LogP contribution in [0.4, 0.5) is 0 Å². The van der Waals surface area contributed by atoms with Crippen LogP contribution in [-0.2, 0) is 9.53 Å². The van der Waals surface area contributed by atoms with Crippen LogP contribution in [0.25, 0.3) is 0 Å². The van der Waals surface area contributed by atoms with E-state index in [0.717, 1.165) is 32.4 Å². The molecular formula is C12H24N2O2. The minimum atomic E-state index is 0.145. The topological polar surface area (TPSA) is 55.6 Å². The molecule has 1 amide bonds. The fourth-order valence-corrected chi connectivity index (χ4v) is 2.05. The third-order valence-electron chi connectivity index (χ3n) is 2.97. The largest absolute Gasteiger partial charge is 0.378 e. The summed E-state index contributed by atoms with van der Waals surface area (Å²) in [5, 5.41) is 0. The Labute approximate surface area is 98.1 Å². The van der Waals surface area contributed by atoms with Crippen molar-refractivity contribution in [1.29, 1.82) is 0 Å². The summed E-state index contributed by atoms with van der Waals surface area (Å²) < 4.78 is 5.49. The van der Waals surface area contributed by atoms with Gasteiger partial charge < -0.3 is 15.4 Å². The molecule has 0 spiro atoms. The SMILES string of the molecule is CC(C)N(CCCN)C(=O)CC1CCCO1. The van der Waals surface area contributed by atoms with Gasteiger partial charge in [-0.25, -0.2) is 0 Å². The molecule has 1 aliphatic rings. The Kier molecular flexibility index (Phi) is 5.77. The maximum absolute atomic E-state index is 12.1.